The summed E-state index contributed by atoms with van der Waals surface area (Å²) in [6.45, 7) is 2.12. The molecule has 1 aliphatic carbocycles. The van der Waals surface area contributed by atoms with Crippen LogP contribution in [0.2, 0.25) is 0 Å². The van der Waals surface area contributed by atoms with Crippen molar-refractivity contribution in [1.82, 2.24) is 0 Å². The van der Waals surface area contributed by atoms with E-state index in [0.29, 0.717) is 23.4 Å². The van der Waals surface area contributed by atoms with E-state index in [1.807, 2.05) is 6.92 Å². The number of benzene rings is 1. The van der Waals surface area contributed by atoms with Crippen molar-refractivity contribution in [3.8, 4) is 0 Å². The fourth-order valence-electron chi connectivity index (χ4n) is 3.43. The van der Waals surface area contributed by atoms with Gasteiger partial charge in [0.25, 0.3) is 17.3 Å². The zero-order valence-corrected chi connectivity index (χ0v) is 17.7. The maximum Gasteiger partial charge on any atom is 0.341 e. The topological polar surface area (TPSA) is 142 Å². The maximum absolute atomic E-state index is 12.8. The zero-order chi connectivity index (χ0) is 22.5. The Labute approximate surface area is 181 Å². The molecule has 0 saturated heterocycles. The minimum Gasteiger partial charge on any atom is -0.462 e. The van der Waals surface area contributed by atoms with Crippen molar-refractivity contribution >= 4 is 39.6 Å². The van der Waals surface area contributed by atoms with Gasteiger partial charge in [0.05, 0.1) is 33.6 Å². The molecule has 10 nitrogen and oxygen atoms in total. The largest absolute Gasteiger partial charge is 0.462 e. The second-order valence-corrected chi connectivity index (χ2v) is 8.22. The molecule has 0 atom stereocenters. The number of aryl methyl sites for hydroxylation is 1. The number of nitrogens with one attached hydrogen (secondary N) is 1. The normalized spacial score (nSPS) is 13.1. The van der Waals surface area contributed by atoms with Crippen LogP contribution in [0.25, 0.3) is 0 Å². The standard InChI is InChI=1S/C20H21N3O7S/c1-2-8-30-20(25)17-15-6-4-3-5-7-16(15)31-19(17)21-18(24)12-9-13(22(26)27)11-14(10-12)23(28)29/h9-11H,2-8H2,1H3,(H,21,24). The molecule has 1 aromatic carbocycles. The van der Waals surface area contributed by atoms with E-state index in [1.165, 1.54) is 11.3 Å². The van der Waals surface area contributed by atoms with Crippen LogP contribution in [0.1, 0.15) is 63.8 Å². The molecule has 11 heteroatoms. The predicted octanol–water partition coefficient (Wildman–Crippen LogP) is 4.65. The van der Waals surface area contributed by atoms with E-state index in [0.717, 1.165) is 54.3 Å². The lowest BCUT2D eigenvalue weighted by molar-refractivity contribution is -0.394. The number of rotatable bonds is 7. The number of fused-ring (bicyclic) bond motifs is 1. The fraction of sp³-hybridized carbons (Fsp3) is 0.400. The van der Waals surface area contributed by atoms with Crippen LogP contribution in [-0.4, -0.2) is 28.3 Å². The number of anilines is 1. The summed E-state index contributed by atoms with van der Waals surface area (Å²) in [5.41, 5.74) is -0.197. The number of hydrogen-bond donors (Lipinski definition) is 1. The summed E-state index contributed by atoms with van der Waals surface area (Å²) in [6.07, 6.45) is 5.07. The number of hydrogen-bond acceptors (Lipinski definition) is 8. The Morgan fingerprint density at radius 2 is 1.71 bits per heavy atom. The molecule has 1 heterocycles. The SMILES string of the molecule is CCCOC(=O)c1c(NC(=O)c2cc([N+](=O)[O-])cc([N+](=O)[O-])c2)sc2c1CCCCC2. The molecule has 1 N–H and O–H groups in total. The molecule has 1 amide bonds. The summed E-state index contributed by atoms with van der Waals surface area (Å²) in [6, 6.07) is 2.73. The quantitative estimate of drug-likeness (QED) is 0.282. The molecule has 0 unspecified atom stereocenters. The molecular formula is C20H21N3O7S. The molecule has 31 heavy (non-hydrogen) atoms. The molecule has 0 bridgehead atoms. The Bertz CT molecular complexity index is 1020. The number of carbonyl (C=O) groups excluding carboxylic acids is 2. The van der Waals surface area contributed by atoms with E-state index < -0.39 is 33.1 Å². The lowest BCUT2D eigenvalue weighted by Crippen LogP contribution is -2.16. The van der Waals surface area contributed by atoms with Crippen LogP contribution in [0.5, 0.6) is 0 Å². The van der Waals surface area contributed by atoms with Crippen LogP contribution in [0.4, 0.5) is 16.4 Å². The van der Waals surface area contributed by atoms with Gasteiger partial charge in [0, 0.05) is 17.0 Å². The van der Waals surface area contributed by atoms with Crippen molar-refractivity contribution in [2.24, 2.45) is 0 Å². The lowest BCUT2D eigenvalue weighted by atomic mass is 10.1. The molecule has 2 aromatic rings. The van der Waals surface area contributed by atoms with Gasteiger partial charge >= 0.3 is 5.97 Å². The smallest absolute Gasteiger partial charge is 0.341 e. The second-order valence-electron chi connectivity index (χ2n) is 7.11. The molecular weight excluding hydrogens is 426 g/mol. The highest BCUT2D eigenvalue weighted by Crippen LogP contribution is 2.38. The van der Waals surface area contributed by atoms with Crippen LogP contribution in [0.15, 0.2) is 18.2 Å². The second kappa shape index (κ2) is 9.65. The Balaban J connectivity index is 1.98. The summed E-state index contributed by atoms with van der Waals surface area (Å²) in [5, 5.41) is 25.1. The molecule has 0 spiro atoms. The number of carbonyl (C=O) groups is 2. The predicted molar refractivity (Wildman–Crippen MR) is 114 cm³/mol. The Morgan fingerprint density at radius 1 is 1.06 bits per heavy atom. The van der Waals surface area contributed by atoms with Gasteiger partial charge in [-0.25, -0.2) is 4.79 Å². The van der Waals surface area contributed by atoms with E-state index in [-0.39, 0.29) is 12.2 Å². The first-order valence-electron chi connectivity index (χ1n) is 9.88. The molecule has 1 aliphatic rings. The summed E-state index contributed by atoms with van der Waals surface area (Å²) in [5.74, 6) is -1.30. The molecule has 164 valence electrons. The molecule has 0 radical (unpaired) electrons. The number of ether oxygens (including phenoxy) is 1. The van der Waals surface area contributed by atoms with Gasteiger partial charge in [-0.1, -0.05) is 13.3 Å². The first-order valence-corrected chi connectivity index (χ1v) is 10.7. The Morgan fingerprint density at radius 3 is 2.32 bits per heavy atom. The number of non-ortho nitro benzene ring substituents is 2. The van der Waals surface area contributed by atoms with Gasteiger partial charge in [-0.2, -0.15) is 0 Å². The van der Waals surface area contributed by atoms with Crippen molar-refractivity contribution in [2.75, 3.05) is 11.9 Å². The van der Waals surface area contributed by atoms with Gasteiger partial charge < -0.3 is 10.1 Å². The van der Waals surface area contributed by atoms with Crippen LogP contribution >= 0.6 is 11.3 Å². The monoisotopic (exact) mass is 447 g/mol. The van der Waals surface area contributed by atoms with Gasteiger partial charge in [-0.15, -0.1) is 11.3 Å². The van der Waals surface area contributed by atoms with Crippen molar-refractivity contribution in [3.05, 3.63) is 60.0 Å². The summed E-state index contributed by atoms with van der Waals surface area (Å²) in [7, 11) is 0. The summed E-state index contributed by atoms with van der Waals surface area (Å²) >= 11 is 1.28. The minimum absolute atomic E-state index is 0.239. The third-order valence-electron chi connectivity index (χ3n) is 4.88. The first-order chi connectivity index (χ1) is 14.8. The maximum atomic E-state index is 12.8. The van der Waals surface area contributed by atoms with Gasteiger partial charge in [0.15, 0.2) is 0 Å². The van der Waals surface area contributed by atoms with Crippen molar-refractivity contribution in [3.63, 3.8) is 0 Å². The van der Waals surface area contributed by atoms with E-state index in [1.54, 1.807) is 0 Å². The third-order valence-corrected chi connectivity index (χ3v) is 6.08. The van der Waals surface area contributed by atoms with Gasteiger partial charge in [0.1, 0.15) is 5.00 Å². The van der Waals surface area contributed by atoms with Crippen LogP contribution in [0.3, 0.4) is 0 Å². The Kier molecular flexibility index (Phi) is 6.95. The molecule has 0 saturated carbocycles. The number of nitro groups is 2. The summed E-state index contributed by atoms with van der Waals surface area (Å²) in [4.78, 5) is 47.2. The number of nitro benzene ring substituents is 2. The first kappa shape index (κ1) is 22.3. The van der Waals surface area contributed by atoms with Crippen molar-refractivity contribution in [1.29, 1.82) is 0 Å². The minimum atomic E-state index is -0.801. The van der Waals surface area contributed by atoms with Crippen molar-refractivity contribution < 1.29 is 24.2 Å². The van der Waals surface area contributed by atoms with E-state index in [2.05, 4.69) is 5.32 Å². The molecule has 1 aromatic heterocycles. The van der Waals surface area contributed by atoms with Gasteiger partial charge in [-0.3, -0.25) is 25.0 Å². The van der Waals surface area contributed by atoms with E-state index in [9.17, 15) is 29.8 Å². The molecule has 0 aliphatic heterocycles. The van der Waals surface area contributed by atoms with E-state index >= 15 is 0 Å². The zero-order valence-electron chi connectivity index (χ0n) is 16.8. The third kappa shape index (κ3) is 5.05. The molecule has 0 fully saturated rings. The number of esters is 1. The highest BCUT2D eigenvalue weighted by Gasteiger charge is 2.28. The van der Waals surface area contributed by atoms with Crippen molar-refractivity contribution in [2.45, 2.75) is 45.4 Å². The fourth-order valence-corrected chi connectivity index (χ4v) is 4.70. The number of amides is 1. The number of thiophene rings is 1. The number of nitrogens with zero attached hydrogens (tertiary/aromatic N) is 2. The average molecular weight is 447 g/mol. The molecule has 3 rings (SSSR count). The van der Waals surface area contributed by atoms with Gasteiger partial charge in [0.2, 0.25) is 0 Å². The Hall–Kier alpha value is -3.34. The highest BCUT2D eigenvalue weighted by atomic mass is 32.1. The lowest BCUT2D eigenvalue weighted by Gasteiger charge is -2.09. The van der Waals surface area contributed by atoms with E-state index in [4.69, 9.17) is 4.74 Å². The summed E-state index contributed by atoms with van der Waals surface area (Å²) < 4.78 is 5.31. The van der Waals surface area contributed by atoms with Crippen LogP contribution < -0.4 is 5.32 Å². The van der Waals surface area contributed by atoms with Crippen LogP contribution in [0, 0.1) is 20.2 Å². The van der Waals surface area contributed by atoms with Gasteiger partial charge in [-0.05, 0) is 37.7 Å². The van der Waals surface area contributed by atoms with Crippen LogP contribution in [-0.2, 0) is 17.6 Å². The highest BCUT2D eigenvalue weighted by molar-refractivity contribution is 7.17. The average Bonchev–Trinajstić information content (AvgIpc) is 2.91.